The van der Waals surface area contributed by atoms with Crippen LogP contribution >= 0.6 is 0 Å². The van der Waals surface area contributed by atoms with Crippen LogP contribution in [0.1, 0.15) is 316 Å². The van der Waals surface area contributed by atoms with E-state index in [1.807, 2.05) is 0 Å². The lowest BCUT2D eigenvalue weighted by molar-refractivity contribution is -0.167. The number of hydrogen-bond donors (Lipinski definition) is 0. The molecule has 0 fully saturated rings. The predicted molar refractivity (Wildman–Crippen MR) is 353 cm³/mol. The zero-order valence-corrected chi connectivity index (χ0v) is 53.0. The smallest absolute Gasteiger partial charge is 0.306 e. The monoisotopic (exact) mass is 1120 g/mol. The molecule has 0 saturated carbocycles. The molecule has 1 unspecified atom stereocenters. The van der Waals surface area contributed by atoms with Gasteiger partial charge in [0.25, 0.3) is 0 Å². The second-order valence-electron chi connectivity index (χ2n) is 22.3. The first-order valence-corrected chi connectivity index (χ1v) is 34.0. The molecule has 0 spiro atoms. The molecule has 0 aliphatic heterocycles. The highest BCUT2D eigenvalue weighted by molar-refractivity contribution is 5.71. The summed E-state index contributed by atoms with van der Waals surface area (Å²) in [5.74, 6) is -0.903. The minimum atomic E-state index is -0.795. The predicted octanol–water partition coefficient (Wildman–Crippen LogP) is 23.6. The normalized spacial score (nSPS) is 12.9. The first-order chi connectivity index (χ1) is 40.0. The molecule has 0 aliphatic carbocycles. The fourth-order valence-corrected chi connectivity index (χ4v) is 9.33. The highest BCUT2D eigenvalue weighted by atomic mass is 16.6. The fourth-order valence-electron chi connectivity index (χ4n) is 9.33. The van der Waals surface area contributed by atoms with Gasteiger partial charge in [-0.3, -0.25) is 14.4 Å². The lowest BCUT2D eigenvalue weighted by atomic mass is 10.1. The molecule has 0 amide bonds. The fraction of sp³-hybridized carbons (Fsp3) is 0.693. The van der Waals surface area contributed by atoms with Crippen LogP contribution in [0.25, 0.3) is 0 Å². The Hall–Kier alpha value is -4.19. The molecule has 0 aliphatic rings. The molecule has 0 rings (SSSR count). The minimum Gasteiger partial charge on any atom is -0.462 e. The van der Waals surface area contributed by atoms with Crippen molar-refractivity contribution in [3.05, 3.63) is 122 Å². The number of rotatable bonds is 61. The second kappa shape index (κ2) is 68.3. The zero-order chi connectivity index (χ0) is 58.5. The molecular formula is C75H126O6. The van der Waals surface area contributed by atoms with E-state index in [0.717, 1.165) is 128 Å². The van der Waals surface area contributed by atoms with Crippen LogP contribution in [-0.4, -0.2) is 37.2 Å². The summed E-state index contributed by atoms with van der Waals surface area (Å²) in [6.45, 7) is 6.48. The molecule has 0 heterocycles. The van der Waals surface area contributed by atoms with E-state index in [9.17, 15) is 14.4 Å². The van der Waals surface area contributed by atoms with Crippen molar-refractivity contribution in [3.63, 3.8) is 0 Å². The van der Waals surface area contributed by atoms with E-state index in [2.05, 4.69) is 142 Å². The van der Waals surface area contributed by atoms with Gasteiger partial charge in [-0.2, -0.15) is 0 Å². The lowest BCUT2D eigenvalue weighted by Gasteiger charge is -2.18. The van der Waals surface area contributed by atoms with Crippen LogP contribution in [0.3, 0.4) is 0 Å². The van der Waals surface area contributed by atoms with Crippen molar-refractivity contribution in [3.8, 4) is 0 Å². The van der Waals surface area contributed by atoms with Crippen LogP contribution in [0.15, 0.2) is 122 Å². The van der Waals surface area contributed by atoms with E-state index in [1.54, 1.807) is 0 Å². The quantitative estimate of drug-likeness (QED) is 0.0261. The van der Waals surface area contributed by atoms with Gasteiger partial charge in [-0.25, -0.2) is 0 Å². The molecule has 6 nitrogen and oxygen atoms in total. The molecule has 0 aromatic heterocycles. The number of hydrogen-bond acceptors (Lipinski definition) is 6. The molecule has 6 heteroatoms. The number of unbranched alkanes of at least 4 members (excludes halogenated alkanes) is 30. The summed E-state index contributed by atoms with van der Waals surface area (Å²) in [6, 6.07) is 0. The van der Waals surface area contributed by atoms with Gasteiger partial charge >= 0.3 is 17.9 Å². The Morgan fingerprint density at radius 2 is 0.481 bits per heavy atom. The molecule has 0 radical (unpaired) electrons. The van der Waals surface area contributed by atoms with Crippen molar-refractivity contribution in [2.75, 3.05) is 13.2 Å². The summed E-state index contributed by atoms with van der Waals surface area (Å²) < 4.78 is 17.0. The number of carbonyl (C=O) groups excluding carboxylic acids is 3. The van der Waals surface area contributed by atoms with Gasteiger partial charge in [0, 0.05) is 19.3 Å². The Morgan fingerprint density at radius 1 is 0.259 bits per heavy atom. The van der Waals surface area contributed by atoms with Crippen LogP contribution in [-0.2, 0) is 28.6 Å². The minimum absolute atomic E-state index is 0.0888. The van der Waals surface area contributed by atoms with Gasteiger partial charge in [0.2, 0.25) is 0 Å². The van der Waals surface area contributed by atoms with Gasteiger partial charge in [-0.05, 0) is 135 Å². The van der Waals surface area contributed by atoms with Gasteiger partial charge in [-0.1, -0.05) is 284 Å². The maximum atomic E-state index is 12.9. The van der Waals surface area contributed by atoms with Crippen LogP contribution < -0.4 is 0 Å². The Morgan fingerprint density at radius 3 is 0.753 bits per heavy atom. The average Bonchev–Trinajstić information content (AvgIpc) is 3.47. The maximum absolute atomic E-state index is 12.9. The Labute approximate surface area is 501 Å². The van der Waals surface area contributed by atoms with E-state index >= 15 is 0 Å². The molecule has 0 aromatic rings. The van der Waals surface area contributed by atoms with Crippen molar-refractivity contribution >= 4 is 17.9 Å². The van der Waals surface area contributed by atoms with Crippen LogP contribution in [0.4, 0.5) is 0 Å². The molecule has 0 saturated heterocycles. The summed E-state index contributed by atoms with van der Waals surface area (Å²) in [5.41, 5.74) is 0. The largest absolute Gasteiger partial charge is 0.462 e. The van der Waals surface area contributed by atoms with E-state index in [4.69, 9.17) is 14.2 Å². The van der Waals surface area contributed by atoms with E-state index in [0.29, 0.717) is 19.3 Å². The molecule has 0 aromatic carbocycles. The maximum Gasteiger partial charge on any atom is 0.306 e. The molecule has 0 bridgehead atoms. The first kappa shape index (κ1) is 76.8. The van der Waals surface area contributed by atoms with Gasteiger partial charge in [0.1, 0.15) is 13.2 Å². The number of carbonyl (C=O) groups is 3. The van der Waals surface area contributed by atoms with E-state index < -0.39 is 6.10 Å². The van der Waals surface area contributed by atoms with E-state index in [-0.39, 0.29) is 31.1 Å². The van der Waals surface area contributed by atoms with Crippen molar-refractivity contribution in [1.82, 2.24) is 0 Å². The van der Waals surface area contributed by atoms with Crippen molar-refractivity contribution < 1.29 is 28.6 Å². The molecular weight excluding hydrogens is 997 g/mol. The van der Waals surface area contributed by atoms with Crippen LogP contribution in [0, 0.1) is 0 Å². The van der Waals surface area contributed by atoms with Gasteiger partial charge in [-0.15, -0.1) is 0 Å². The number of ether oxygens (including phenoxy) is 3. The summed E-state index contributed by atoms with van der Waals surface area (Å²) in [4.78, 5) is 38.5. The topological polar surface area (TPSA) is 78.9 Å². The van der Waals surface area contributed by atoms with Gasteiger partial charge in [0.15, 0.2) is 6.10 Å². The third-order valence-corrected chi connectivity index (χ3v) is 14.4. The SMILES string of the molecule is CC/C=C\C/C=C\C/C=C\C/C=C\C/C=C\CCCCCCCCCCCC(=O)OCC(COC(=O)CCCCCCCCCCC/C=C\C/C=C\CCCCC)OC(=O)CCCCCCCC/C=C\C/C=C\C/C=C\CCCCC. The Kier molecular flexibility index (Phi) is 64.8. The highest BCUT2D eigenvalue weighted by Crippen LogP contribution is 2.16. The molecule has 0 N–H and O–H groups in total. The molecule has 81 heavy (non-hydrogen) atoms. The van der Waals surface area contributed by atoms with Gasteiger partial charge in [0.05, 0.1) is 0 Å². The zero-order valence-electron chi connectivity index (χ0n) is 53.0. The molecule has 462 valence electrons. The summed E-state index contributed by atoms with van der Waals surface area (Å²) in [6.07, 6.45) is 94.8. The highest BCUT2D eigenvalue weighted by Gasteiger charge is 2.19. The average molecular weight is 1120 g/mol. The van der Waals surface area contributed by atoms with Gasteiger partial charge < -0.3 is 14.2 Å². The molecule has 1 atom stereocenters. The lowest BCUT2D eigenvalue weighted by Crippen LogP contribution is -2.30. The van der Waals surface area contributed by atoms with Crippen LogP contribution in [0.5, 0.6) is 0 Å². The summed E-state index contributed by atoms with van der Waals surface area (Å²) in [5, 5.41) is 0. The standard InChI is InChI=1S/C75H126O6/c1-4-7-10-13-16-19-22-25-28-31-34-35-36-37-38-39-42-44-47-50-53-56-59-62-65-68-74(77)80-71-72(81-75(78)69-66-63-60-57-54-51-48-45-41-33-30-27-24-21-18-15-12-9-6-3)70-79-73(76)67-64-61-58-55-52-49-46-43-40-32-29-26-23-20-17-14-11-8-5-2/h7,10,16-21,25-30,34-35,37-38,41,45,72H,4-6,8-9,11-15,22-24,31-33,36,39-40,42-44,46-71H2,1-3H3/b10-7-,19-16-,20-17-,21-18-,28-25-,29-26-,30-27-,35-34-,38-37-,45-41-. The summed E-state index contributed by atoms with van der Waals surface area (Å²) >= 11 is 0. The van der Waals surface area contributed by atoms with Crippen LogP contribution in [0.2, 0.25) is 0 Å². The van der Waals surface area contributed by atoms with E-state index in [1.165, 1.54) is 148 Å². The first-order valence-electron chi connectivity index (χ1n) is 34.0. The number of esters is 3. The van der Waals surface area contributed by atoms with Crippen molar-refractivity contribution in [2.45, 2.75) is 322 Å². The Bertz CT molecular complexity index is 1670. The third kappa shape index (κ3) is 66.5. The second-order valence-corrected chi connectivity index (χ2v) is 22.3. The Balaban J connectivity index is 4.42. The summed E-state index contributed by atoms with van der Waals surface area (Å²) in [7, 11) is 0. The van der Waals surface area contributed by atoms with Crippen molar-refractivity contribution in [1.29, 1.82) is 0 Å². The van der Waals surface area contributed by atoms with Crippen molar-refractivity contribution in [2.24, 2.45) is 0 Å². The number of allylic oxidation sites excluding steroid dienone is 20. The third-order valence-electron chi connectivity index (χ3n) is 14.4.